The van der Waals surface area contributed by atoms with Gasteiger partial charge in [0.05, 0.1) is 0 Å². The van der Waals surface area contributed by atoms with E-state index in [-0.39, 0.29) is 0 Å². The van der Waals surface area contributed by atoms with Gasteiger partial charge < -0.3 is 5.11 Å². The topological polar surface area (TPSA) is 74.7 Å². The molecule has 0 aliphatic carbocycles. The van der Waals surface area contributed by atoms with E-state index < -0.39 is 24.3 Å². The maximum absolute atomic E-state index is 12.7. The Labute approximate surface area is 146 Å². The van der Waals surface area contributed by atoms with Crippen LogP contribution in [0.25, 0.3) is 11.6 Å². The average molecular weight is 386 g/mol. The molecule has 0 unspecified atom stereocenters. The highest BCUT2D eigenvalue weighted by atomic mass is 79.9. The van der Waals surface area contributed by atoms with E-state index >= 15 is 0 Å². The minimum Gasteiger partial charge on any atom is -0.480 e. The van der Waals surface area contributed by atoms with Crippen molar-refractivity contribution in [1.82, 2.24) is 4.90 Å². The summed E-state index contributed by atoms with van der Waals surface area (Å²) in [5.41, 5.74) is 1.91. The third-order valence-corrected chi connectivity index (χ3v) is 4.17. The molecule has 2 aromatic carbocycles. The molecule has 1 N–H and O–H groups in total. The number of rotatable bonds is 3. The van der Waals surface area contributed by atoms with Gasteiger partial charge in [0.25, 0.3) is 11.8 Å². The fourth-order valence-electron chi connectivity index (χ4n) is 2.55. The van der Waals surface area contributed by atoms with Crippen molar-refractivity contribution in [2.75, 3.05) is 6.54 Å². The highest BCUT2D eigenvalue weighted by Crippen LogP contribution is 2.30. The molecule has 0 saturated carbocycles. The number of carbonyl (C=O) groups is 3. The van der Waals surface area contributed by atoms with Gasteiger partial charge in [-0.3, -0.25) is 19.3 Å². The maximum Gasteiger partial charge on any atom is 0.323 e. The minimum atomic E-state index is -1.24. The predicted molar refractivity (Wildman–Crippen MR) is 92.1 cm³/mol. The van der Waals surface area contributed by atoms with Crippen LogP contribution in [0.5, 0.6) is 0 Å². The van der Waals surface area contributed by atoms with E-state index in [1.165, 1.54) is 0 Å². The highest BCUT2D eigenvalue weighted by molar-refractivity contribution is 9.10. The van der Waals surface area contributed by atoms with E-state index in [1.807, 2.05) is 24.3 Å². The van der Waals surface area contributed by atoms with Gasteiger partial charge in [0, 0.05) is 15.6 Å². The van der Waals surface area contributed by atoms with Crippen molar-refractivity contribution >= 4 is 45.4 Å². The van der Waals surface area contributed by atoms with Gasteiger partial charge in [0.1, 0.15) is 6.54 Å². The van der Waals surface area contributed by atoms with Crippen molar-refractivity contribution in [3.63, 3.8) is 0 Å². The molecule has 5 nitrogen and oxygen atoms in total. The first-order valence-electron chi connectivity index (χ1n) is 7.12. The van der Waals surface area contributed by atoms with Crippen LogP contribution in [0.3, 0.4) is 0 Å². The Morgan fingerprint density at radius 2 is 1.62 bits per heavy atom. The van der Waals surface area contributed by atoms with Gasteiger partial charge in [-0.2, -0.15) is 0 Å². The van der Waals surface area contributed by atoms with E-state index in [1.54, 1.807) is 30.3 Å². The van der Waals surface area contributed by atoms with Crippen LogP contribution >= 0.6 is 15.9 Å². The molecular weight excluding hydrogens is 374 g/mol. The normalized spacial score (nSPS) is 15.5. The van der Waals surface area contributed by atoms with Crippen LogP contribution < -0.4 is 0 Å². The van der Waals surface area contributed by atoms with Crippen molar-refractivity contribution in [3.05, 3.63) is 69.7 Å². The summed E-state index contributed by atoms with van der Waals surface area (Å²) in [4.78, 5) is 36.8. The first kappa shape index (κ1) is 16.1. The Bertz CT molecular complexity index is 871. The molecule has 1 aliphatic rings. The lowest BCUT2D eigenvalue weighted by Gasteiger charge is -2.27. The van der Waals surface area contributed by atoms with Crippen molar-refractivity contribution in [2.45, 2.75) is 0 Å². The SMILES string of the molecule is O=C(O)CN1C(=O)/C(=C\c2ccc(Br)cc2)c2ccccc2C1=O. The molecule has 1 aliphatic heterocycles. The molecule has 2 amide bonds. The molecule has 0 fully saturated rings. The van der Waals surface area contributed by atoms with Gasteiger partial charge in [0.15, 0.2) is 0 Å². The summed E-state index contributed by atoms with van der Waals surface area (Å²) in [5, 5.41) is 8.99. The van der Waals surface area contributed by atoms with Crippen LogP contribution in [0.1, 0.15) is 21.5 Å². The average Bonchev–Trinajstić information content (AvgIpc) is 2.57. The van der Waals surface area contributed by atoms with E-state index in [9.17, 15) is 14.4 Å². The van der Waals surface area contributed by atoms with Crippen LogP contribution in [0.2, 0.25) is 0 Å². The van der Waals surface area contributed by atoms with Crippen molar-refractivity contribution < 1.29 is 19.5 Å². The monoisotopic (exact) mass is 385 g/mol. The Balaban J connectivity index is 2.14. The summed E-state index contributed by atoms with van der Waals surface area (Å²) in [6.07, 6.45) is 1.66. The molecule has 120 valence electrons. The summed E-state index contributed by atoms with van der Waals surface area (Å²) < 4.78 is 0.905. The highest BCUT2D eigenvalue weighted by Gasteiger charge is 2.35. The first-order valence-corrected chi connectivity index (χ1v) is 7.91. The lowest BCUT2D eigenvalue weighted by Crippen LogP contribution is -2.44. The number of carboxylic acid groups (broad SMARTS) is 1. The fourth-order valence-corrected chi connectivity index (χ4v) is 2.81. The van der Waals surface area contributed by atoms with Gasteiger partial charge in [-0.05, 0) is 35.4 Å². The molecule has 2 aromatic rings. The molecule has 0 spiro atoms. The molecule has 0 atom stereocenters. The van der Waals surface area contributed by atoms with Crippen molar-refractivity contribution in [2.24, 2.45) is 0 Å². The largest absolute Gasteiger partial charge is 0.480 e. The minimum absolute atomic E-state index is 0.300. The molecule has 0 aromatic heterocycles. The molecule has 24 heavy (non-hydrogen) atoms. The van der Waals surface area contributed by atoms with E-state index in [4.69, 9.17) is 5.11 Å². The number of benzene rings is 2. The van der Waals surface area contributed by atoms with Gasteiger partial charge in [-0.15, -0.1) is 0 Å². The van der Waals surface area contributed by atoms with Gasteiger partial charge >= 0.3 is 5.97 Å². The molecule has 6 heteroatoms. The Morgan fingerprint density at radius 3 is 2.25 bits per heavy atom. The third kappa shape index (κ3) is 3.00. The second-order valence-corrected chi connectivity index (χ2v) is 6.16. The number of fused-ring (bicyclic) bond motifs is 1. The van der Waals surface area contributed by atoms with Crippen molar-refractivity contribution in [1.29, 1.82) is 0 Å². The second kappa shape index (κ2) is 6.41. The van der Waals surface area contributed by atoms with Gasteiger partial charge in [-0.25, -0.2) is 0 Å². The van der Waals surface area contributed by atoms with Crippen molar-refractivity contribution in [3.8, 4) is 0 Å². The smallest absolute Gasteiger partial charge is 0.323 e. The van der Waals surface area contributed by atoms with Gasteiger partial charge in [-0.1, -0.05) is 46.3 Å². The molecule has 0 saturated heterocycles. The van der Waals surface area contributed by atoms with Crippen LogP contribution in [0.15, 0.2) is 53.0 Å². The zero-order valence-corrected chi connectivity index (χ0v) is 14.0. The van der Waals surface area contributed by atoms with Crippen LogP contribution in [-0.4, -0.2) is 34.3 Å². The van der Waals surface area contributed by atoms with E-state index in [0.717, 1.165) is 14.9 Å². The fraction of sp³-hybridized carbons (Fsp3) is 0.0556. The molecule has 1 heterocycles. The Kier molecular flexibility index (Phi) is 4.31. The number of nitrogens with zero attached hydrogens (tertiary/aromatic N) is 1. The third-order valence-electron chi connectivity index (χ3n) is 3.64. The van der Waals surface area contributed by atoms with Gasteiger partial charge in [0.2, 0.25) is 0 Å². The number of amides is 2. The van der Waals surface area contributed by atoms with Crippen LogP contribution in [0, 0.1) is 0 Å². The summed E-state index contributed by atoms with van der Waals surface area (Å²) in [6.45, 7) is -0.663. The molecular formula is C18H12BrNO4. The summed E-state index contributed by atoms with van der Waals surface area (Å²) in [6, 6.07) is 14.0. The lowest BCUT2D eigenvalue weighted by atomic mass is 9.92. The summed E-state index contributed by atoms with van der Waals surface area (Å²) in [7, 11) is 0. The summed E-state index contributed by atoms with van der Waals surface area (Å²) in [5.74, 6) is -2.44. The number of hydrogen-bond acceptors (Lipinski definition) is 3. The first-order chi connectivity index (χ1) is 11.5. The number of aliphatic carboxylic acids is 1. The number of carboxylic acids is 1. The quantitative estimate of drug-likeness (QED) is 0.650. The second-order valence-electron chi connectivity index (χ2n) is 5.25. The standard InChI is InChI=1S/C18H12BrNO4/c19-12-7-5-11(6-8-12)9-15-13-3-1-2-4-14(13)17(23)20(18(15)24)10-16(21)22/h1-9H,10H2,(H,21,22)/b15-9-. The molecule has 0 radical (unpaired) electrons. The Morgan fingerprint density at radius 1 is 1.00 bits per heavy atom. The van der Waals surface area contributed by atoms with Crippen LogP contribution in [0.4, 0.5) is 0 Å². The van der Waals surface area contributed by atoms with E-state index in [2.05, 4.69) is 15.9 Å². The number of halogens is 1. The Hall–Kier alpha value is -2.73. The van der Waals surface area contributed by atoms with E-state index in [0.29, 0.717) is 16.7 Å². The zero-order valence-electron chi connectivity index (χ0n) is 12.4. The predicted octanol–water partition coefficient (Wildman–Crippen LogP) is 3.06. The maximum atomic E-state index is 12.7. The number of imide groups is 1. The molecule has 0 bridgehead atoms. The number of carbonyl (C=O) groups excluding carboxylic acids is 2. The zero-order chi connectivity index (χ0) is 17.3. The summed E-state index contributed by atoms with van der Waals surface area (Å²) >= 11 is 3.35. The lowest BCUT2D eigenvalue weighted by molar-refractivity contribution is -0.141. The number of hydrogen-bond donors (Lipinski definition) is 1. The molecule has 3 rings (SSSR count). The van der Waals surface area contributed by atoms with Crippen LogP contribution in [-0.2, 0) is 9.59 Å².